The Labute approximate surface area is 177 Å². The first kappa shape index (κ1) is 20.2. The largest absolute Gasteiger partial charge is 0.494 e. The topological polar surface area (TPSA) is 59.0 Å². The Morgan fingerprint density at radius 1 is 1.00 bits per heavy atom. The van der Waals surface area contributed by atoms with Crippen LogP contribution in [0.3, 0.4) is 0 Å². The summed E-state index contributed by atoms with van der Waals surface area (Å²) >= 11 is 0. The molecule has 1 aliphatic rings. The van der Waals surface area contributed by atoms with Crippen molar-refractivity contribution < 1.29 is 13.2 Å². The molecule has 0 spiro atoms. The van der Waals surface area contributed by atoms with Crippen LogP contribution in [0.2, 0.25) is 0 Å². The first-order valence-electron chi connectivity index (χ1n) is 10.00. The highest BCUT2D eigenvalue weighted by Crippen LogP contribution is 2.34. The van der Waals surface area contributed by atoms with Crippen LogP contribution in [0.1, 0.15) is 25.0 Å². The van der Waals surface area contributed by atoms with Crippen LogP contribution in [-0.4, -0.2) is 26.9 Å². The molecule has 5 nitrogen and oxygen atoms in total. The normalized spacial score (nSPS) is 16.4. The van der Waals surface area contributed by atoms with E-state index >= 15 is 0 Å². The van der Waals surface area contributed by atoms with E-state index in [1.54, 1.807) is 12.1 Å². The van der Waals surface area contributed by atoms with Crippen LogP contribution in [-0.2, 0) is 16.4 Å². The lowest BCUT2D eigenvalue weighted by Gasteiger charge is -2.26. The van der Waals surface area contributed by atoms with Gasteiger partial charge in [0.15, 0.2) is 5.84 Å². The summed E-state index contributed by atoms with van der Waals surface area (Å²) in [7, 11) is -3.91. The lowest BCUT2D eigenvalue weighted by molar-refractivity contribution is 0.340. The van der Waals surface area contributed by atoms with Crippen molar-refractivity contribution in [2.24, 2.45) is 4.40 Å². The van der Waals surface area contributed by atoms with Crippen LogP contribution < -0.4 is 9.64 Å². The number of amidine groups is 1. The molecule has 154 valence electrons. The monoisotopic (exact) mass is 420 g/mol. The molecular weight excluding hydrogens is 396 g/mol. The Balaban J connectivity index is 1.82. The SMILES string of the molecule is CCOc1ccc(S(=O)(=O)N=C(c2ccccc2)N2c3ccccc3C[C@@H]2C)cc1. The Kier molecular flexibility index (Phi) is 5.59. The number of nitrogens with zero attached hydrogens (tertiary/aromatic N) is 2. The maximum Gasteiger partial charge on any atom is 0.284 e. The maximum absolute atomic E-state index is 13.2. The standard InChI is InChI=1S/C24H24N2O3S/c1-3-29-21-13-15-22(16-14-21)30(27,28)25-24(19-9-5-4-6-10-19)26-18(2)17-20-11-7-8-12-23(20)26/h4-16,18H,3,17H2,1-2H3/t18-/m0/s1. The van der Waals surface area contributed by atoms with Crippen molar-refractivity contribution in [2.45, 2.75) is 31.2 Å². The molecule has 3 aromatic rings. The summed E-state index contributed by atoms with van der Waals surface area (Å²) in [4.78, 5) is 2.16. The fourth-order valence-corrected chi connectivity index (χ4v) is 4.76. The number of para-hydroxylation sites is 1. The molecule has 0 unspecified atom stereocenters. The highest BCUT2D eigenvalue weighted by atomic mass is 32.2. The first-order valence-corrected chi connectivity index (χ1v) is 11.4. The summed E-state index contributed by atoms with van der Waals surface area (Å²) in [5, 5.41) is 0. The van der Waals surface area contributed by atoms with E-state index in [0.717, 1.165) is 17.7 Å². The second-order valence-electron chi connectivity index (χ2n) is 7.21. The molecule has 0 N–H and O–H groups in total. The fourth-order valence-electron chi connectivity index (χ4n) is 3.75. The van der Waals surface area contributed by atoms with Crippen molar-refractivity contribution >= 4 is 21.5 Å². The second kappa shape index (κ2) is 8.32. The zero-order valence-corrected chi connectivity index (χ0v) is 17.8. The van der Waals surface area contributed by atoms with Crippen molar-refractivity contribution in [3.05, 3.63) is 90.0 Å². The third kappa shape index (κ3) is 3.96. The van der Waals surface area contributed by atoms with Crippen LogP contribution in [0, 0.1) is 0 Å². The summed E-state index contributed by atoms with van der Waals surface area (Å²) in [5.41, 5.74) is 2.94. The lowest BCUT2D eigenvalue weighted by atomic mass is 10.1. The molecule has 0 aromatic heterocycles. The van der Waals surface area contributed by atoms with Crippen molar-refractivity contribution in [1.82, 2.24) is 0 Å². The zero-order valence-electron chi connectivity index (χ0n) is 17.0. The van der Waals surface area contributed by atoms with Gasteiger partial charge in [0.25, 0.3) is 10.0 Å². The van der Waals surface area contributed by atoms with Crippen LogP contribution in [0.4, 0.5) is 5.69 Å². The third-order valence-corrected chi connectivity index (χ3v) is 6.39. The number of ether oxygens (including phenoxy) is 1. The van der Waals surface area contributed by atoms with E-state index in [0.29, 0.717) is 18.2 Å². The van der Waals surface area contributed by atoms with Crippen molar-refractivity contribution in [2.75, 3.05) is 11.5 Å². The minimum absolute atomic E-state index is 0.0943. The molecule has 3 aromatic carbocycles. The average molecular weight is 421 g/mol. The van der Waals surface area contributed by atoms with Crippen molar-refractivity contribution in [3.8, 4) is 5.75 Å². The van der Waals surface area contributed by atoms with E-state index in [4.69, 9.17) is 4.74 Å². The molecule has 6 heteroatoms. The van der Waals surface area contributed by atoms with Crippen LogP contribution in [0.5, 0.6) is 5.75 Å². The summed E-state index contributed by atoms with van der Waals surface area (Å²) in [6.07, 6.45) is 0.838. The first-order chi connectivity index (χ1) is 14.5. The van der Waals surface area contributed by atoms with Gasteiger partial charge in [-0.15, -0.1) is 4.40 Å². The molecule has 0 saturated carbocycles. The average Bonchev–Trinajstić information content (AvgIpc) is 3.09. The predicted octanol–water partition coefficient (Wildman–Crippen LogP) is 4.67. The van der Waals surface area contributed by atoms with Gasteiger partial charge in [-0.1, -0.05) is 48.5 Å². The van der Waals surface area contributed by atoms with E-state index < -0.39 is 10.0 Å². The van der Waals surface area contributed by atoms with Gasteiger partial charge in [0.2, 0.25) is 0 Å². The molecule has 0 saturated heterocycles. The fraction of sp³-hybridized carbons (Fsp3) is 0.208. The molecule has 30 heavy (non-hydrogen) atoms. The van der Waals surface area contributed by atoms with E-state index in [1.165, 1.54) is 17.7 Å². The molecule has 4 rings (SSSR count). The highest BCUT2D eigenvalue weighted by molar-refractivity contribution is 7.90. The smallest absolute Gasteiger partial charge is 0.284 e. The number of sulfonamides is 1. The second-order valence-corrected chi connectivity index (χ2v) is 8.82. The Bertz CT molecular complexity index is 1160. The quantitative estimate of drug-likeness (QED) is 0.444. The molecule has 1 aliphatic heterocycles. The van der Waals surface area contributed by atoms with Crippen LogP contribution >= 0.6 is 0 Å². The number of benzene rings is 3. The molecule has 1 atom stereocenters. The van der Waals surface area contributed by atoms with Gasteiger partial charge in [0.1, 0.15) is 5.75 Å². The number of hydrogen-bond acceptors (Lipinski definition) is 3. The van der Waals surface area contributed by atoms with Gasteiger partial charge in [-0.2, -0.15) is 8.42 Å². The molecular formula is C24H24N2O3S. The Hall–Kier alpha value is -3.12. The van der Waals surface area contributed by atoms with Crippen molar-refractivity contribution in [1.29, 1.82) is 0 Å². The molecule has 0 bridgehead atoms. The van der Waals surface area contributed by atoms with Gasteiger partial charge in [0, 0.05) is 17.3 Å². The summed E-state index contributed by atoms with van der Waals surface area (Å²) < 4.78 is 36.2. The molecule has 0 aliphatic carbocycles. The van der Waals surface area contributed by atoms with Gasteiger partial charge < -0.3 is 9.64 Å². The van der Waals surface area contributed by atoms with Gasteiger partial charge in [-0.3, -0.25) is 0 Å². The predicted molar refractivity (Wildman–Crippen MR) is 120 cm³/mol. The van der Waals surface area contributed by atoms with E-state index in [1.807, 2.05) is 60.4 Å². The maximum atomic E-state index is 13.2. The Morgan fingerprint density at radius 3 is 2.37 bits per heavy atom. The molecule has 0 fully saturated rings. The lowest BCUT2D eigenvalue weighted by Crippen LogP contribution is -2.37. The van der Waals surface area contributed by atoms with Crippen LogP contribution in [0.25, 0.3) is 0 Å². The summed E-state index contributed by atoms with van der Waals surface area (Å²) in [5.74, 6) is 1.06. The number of fused-ring (bicyclic) bond motifs is 1. The highest BCUT2D eigenvalue weighted by Gasteiger charge is 2.31. The number of anilines is 1. The Morgan fingerprint density at radius 2 is 1.67 bits per heavy atom. The third-order valence-electron chi connectivity index (χ3n) is 5.11. The van der Waals surface area contributed by atoms with E-state index in [-0.39, 0.29) is 10.9 Å². The van der Waals surface area contributed by atoms with E-state index in [9.17, 15) is 8.42 Å². The van der Waals surface area contributed by atoms with Gasteiger partial charge in [0.05, 0.1) is 11.5 Å². The van der Waals surface area contributed by atoms with Gasteiger partial charge in [-0.05, 0) is 56.2 Å². The summed E-state index contributed by atoms with van der Waals surface area (Å²) in [6, 6.07) is 24.0. The van der Waals surface area contributed by atoms with Gasteiger partial charge in [-0.25, -0.2) is 0 Å². The minimum atomic E-state index is -3.91. The zero-order chi connectivity index (χ0) is 21.1. The minimum Gasteiger partial charge on any atom is -0.494 e. The van der Waals surface area contributed by atoms with Gasteiger partial charge >= 0.3 is 0 Å². The van der Waals surface area contributed by atoms with E-state index in [2.05, 4.69) is 17.4 Å². The molecule has 0 radical (unpaired) electrons. The number of hydrogen-bond donors (Lipinski definition) is 0. The summed E-state index contributed by atoms with van der Waals surface area (Å²) in [6.45, 7) is 4.49. The number of rotatable bonds is 5. The van der Waals surface area contributed by atoms with Crippen molar-refractivity contribution in [3.63, 3.8) is 0 Å². The molecule has 0 amide bonds. The molecule has 1 heterocycles. The van der Waals surface area contributed by atoms with Crippen LogP contribution in [0.15, 0.2) is 88.2 Å².